The number of rotatable bonds is 5. The number of nitrogens with two attached hydrogens (primary N) is 1. The molecule has 0 heterocycles. The number of hydrogen-bond acceptors (Lipinski definition) is 1. The first-order valence-corrected chi connectivity index (χ1v) is 6.43. The van der Waals surface area contributed by atoms with Crippen LogP contribution >= 0.6 is 15.9 Å². The van der Waals surface area contributed by atoms with Gasteiger partial charge in [0.05, 0.1) is 0 Å². The lowest BCUT2D eigenvalue weighted by Crippen LogP contribution is -2.30. The average Bonchev–Trinajstić information content (AvgIpc) is 2.22. The molecular formula is C13H19BrFN. The van der Waals surface area contributed by atoms with Gasteiger partial charge in [-0.05, 0) is 24.1 Å². The zero-order valence-electron chi connectivity index (χ0n) is 9.79. The Morgan fingerprint density at radius 3 is 2.44 bits per heavy atom. The summed E-state index contributed by atoms with van der Waals surface area (Å²) in [7, 11) is 0. The molecule has 16 heavy (non-hydrogen) atoms. The largest absolute Gasteiger partial charge is 0.330 e. The van der Waals surface area contributed by atoms with Crippen molar-refractivity contribution < 1.29 is 4.39 Å². The third-order valence-corrected chi connectivity index (χ3v) is 3.74. The molecule has 2 atom stereocenters. The van der Waals surface area contributed by atoms with Crippen LogP contribution in [0.3, 0.4) is 0 Å². The van der Waals surface area contributed by atoms with Crippen molar-refractivity contribution in [3.63, 3.8) is 0 Å². The lowest BCUT2D eigenvalue weighted by molar-refractivity contribution is 0.185. The maximum absolute atomic E-state index is 14.1. The number of hydrogen-bond donors (Lipinski definition) is 1. The molecule has 1 aromatic rings. The van der Waals surface area contributed by atoms with Gasteiger partial charge in [-0.1, -0.05) is 48.0 Å². The lowest BCUT2D eigenvalue weighted by Gasteiger charge is -2.23. The molecule has 0 spiro atoms. The highest BCUT2D eigenvalue weighted by molar-refractivity contribution is 9.10. The highest BCUT2D eigenvalue weighted by Gasteiger charge is 2.23. The molecule has 0 aliphatic carbocycles. The minimum absolute atomic E-state index is 0.0629. The van der Waals surface area contributed by atoms with Gasteiger partial charge in [0.1, 0.15) is 6.17 Å². The molecule has 0 bridgehead atoms. The predicted molar refractivity (Wildman–Crippen MR) is 70.1 cm³/mol. The van der Waals surface area contributed by atoms with Crippen LogP contribution in [0.2, 0.25) is 0 Å². The molecule has 3 heteroatoms. The van der Waals surface area contributed by atoms with Crippen LogP contribution in [-0.2, 0) is 6.42 Å². The first-order chi connectivity index (χ1) is 7.56. The van der Waals surface area contributed by atoms with Crippen molar-refractivity contribution >= 4 is 15.9 Å². The Morgan fingerprint density at radius 2 is 1.94 bits per heavy atom. The summed E-state index contributed by atoms with van der Waals surface area (Å²) in [4.78, 5) is 0. The molecule has 0 fully saturated rings. The fourth-order valence-electron chi connectivity index (χ4n) is 1.86. The first-order valence-electron chi connectivity index (χ1n) is 5.63. The Labute approximate surface area is 105 Å². The van der Waals surface area contributed by atoms with Crippen LogP contribution < -0.4 is 5.73 Å². The van der Waals surface area contributed by atoms with Gasteiger partial charge >= 0.3 is 0 Å². The zero-order valence-corrected chi connectivity index (χ0v) is 11.4. The van der Waals surface area contributed by atoms with E-state index in [1.807, 2.05) is 38.1 Å². The van der Waals surface area contributed by atoms with E-state index in [4.69, 9.17) is 5.73 Å². The summed E-state index contributed by atoms with van der Waals surface area (Å²) < 4.78 is 15.1. The van der Waals surface area contributed by atoms with Gasteiger partial charge in [0.2, 0.25) is 0 Å². The highest BCUT2D eigenvalue weighted by Crippen LogP contribution is 2.24. The average molecular weight is 288 g/mol. The third-order valence-electron chi connectivity index (χ3n) is 2.97. The van der Waals surface area contributed by atoms with E-state index in [9.17, 15) is 4.39 Å². The molecule has 90 valence electrons. The Morgan fingerprint density at radius 1 is 1.31 bits per heavy atom. The molecular weight excluding hydrogens is 269 g/mol. The topological polar surface area (TPSA) is 26.0 Å². The van der Waals surface area contributed by atoms with E-state index in [2.05, 4.69) is 15.9 Å². The molecule has 0 aliphatic heterocycles. The molecule has 2 N–H and O–H groups in total. The van der Waals surface area contributed by atoms with E-state index >= 15 is 0 Å². The summed E-state index contributed by atoms with van der Waals surface area (Å²) in [6.45, 7) is 4.44. The van der Waals surface area contributed by atoms with Crippen molar-refractivity contribution in [3.05, 3.63) is 34.3 Å². The zero-order chi connectivity index (χ0) is 12.1. The smallest absolute Gasteiger partial charge is 0.108 e. The Kier molecular flexibility index (Phi) is 5.42. The Bertz CT molecular complexity index is 327. The second kappa shape index (κ2) is 6.36. The van der Waals surface area contributed by atoms with Gasteiger partial charge in [-0.25, -0.2) is 4.39 Å². The van der Waals surface area contributed by atoms with E-state index in [1.165, 1.54) is 0 Å². The van der Waals surface area contributed by atoms with Gasteiger partial charge in [-0.3, -0.25) is 0 Å². The second-order valence-electron chi connectivity index (χ2n) is 4.46. The van der Waals surface area contributed by atoms with Crippen LogP contribution in [0.4, 0.5) is 4.39 Å². The maximum Gasteiger partial charge on any atom is 0.108 e. The lowest BCUT2D eigenvalue weighted by atomic mass is 9.88. The Hall–Kier alpha value is -0.410. The van der Waals surface area contributed by atoms with E-state index in [-0.39, 0.29) is 11.8 Å². The number of halogens is 2. The molecule has 2 unspecified atom stereocenters. The predicted octanol–water partition coefficient (Wildman–Crippen LogP) is 3.56. The van der Waals surface area contributed by atoms with Crippen molar-refractivity contribution in [2.45, 2.75) is 26.4 Å². The van der Waals surface area contributed by atoms with Crippen molar-refractivity contribution in [2.75, 3.05) is 6.54 Å². The van der Waals surface area contributed by atoms with Crippen molar-refractivity contribution in [3.8, 4) is 0 Å². The molecule has 1 rings (SSSR count). The standard InChI is InChI=1S/C13H19BrFN/c1-9(2)11(8-16)13(15)7-10-5-3-4-6-12(10)14/h3-6,9,11,13H,7-8,16H2,1-2H3. The van der Waals surface area contributed by atoms with Crippen molar-refractivity contribution in [1.82, 2.24) is 0 Å². The molecule has 0 aromatic heterocycles. The molecule has 1 aromatic carbocycles. The molecule has 0 saturated heterocycles. The summed E-state index contributed by atoms with van der Waals surface area (Å²) >= 11 is 3.43. The van der Waals surface area contributed by atoms with E-state index in [0.717, 1.165) is 10.0 Å². The minimum atomic E-state index is -0.872. The van der Waals surface area contributed by atoms with Crippen LogP contribution in [0, 0.1) is 11.8 Å². The fourth-order valence-corrected chi connectivity index (χ4v) is 2.31. The maximum atomic E-state index is 14.1. The Balaban J connectivity index is 2.70. The SMILES string of the molecule is CC(C)C(CN)C(F)Cc1ccccc1Br. The minimum Gasteiger partial charge on any atom is -0.330 e. The highest BCUT2D eigenvalue weighted by atomic mass is 79.9. The summed E-state index contributed by atoms with van der Waals surface area (Å²) in [6, 6.07) is 7.75. The van der Waals surface area contributed by atoms with Crippen LogP contribution in [0.25, 0.3) is 0 Å². The van der Waals surface area contributed by atoms with Crippen LogP contribution in [0.15, 0.2) is 28.7 Å². The molecule has 0 radical (unpaired) electrons. The van der Waals surface area contributed by atoms with Gasteiger partial charge in [-0.2, -0.15) is 0 Å². The molecule has 0 amide bonds. The first kappa shape index (κ1) is 13.7. The quantitative estimate of drug-likeness (QED) is 0.880. The third kappa shape index (κ3) is 3.56. The van der Waals surface area contributed by atoms with Gasteiger partial charge in [0.25, 0.3) is 0 Å². The van der Waals surface area contributed by atoms with Gasteiger partial charge in [-0.15, -0.1) is 0 Å². The van der Waals surface area contributed by atoms with Gasteiger partial charge < -0.3 is 5.73 Å². The van der Waals surface area contributed by atoms with E-state index < -0.39 is 6.17 Å². The van der Waals surface area contributed by atoms with Crippen molar-refractivity contribution in [2.24, 2.45) is 17.6 Å². The van der Waals surface area contributed by atoms with E-state index in [0.29, 0.717) is 13.0 Å². The van der Waals surface area contributed by atoms with Crippen LogP contribution in [-0.4, -0.2) is 12.7 Å². The van der Waals surface area contributed by atoms with E-state index in [1.54, 1.807) is 0 Å². The van der Waals surface area contributed by atoms with Crippen LogP contribution in [0.1, 0.15) is 19.4 Å². The van der Waals surface area contributed by atoms with Gasteiger partial charge in [0.15, 0.2) is 0 Å². The molecule has 0 saturated carbocycles. The van der Waals surface area contributed by atoms with Gasteiger partial charge in [0, 0.05) is 16.8 Å². The monoisotopic (exact) mass is 287 g/mol. The second-order valence-corrected chi connectivity index (χ2v) is 5.31. The van der Waals surface area contributed by atoms with Crippen LogP contribution in [0.5, 0.6) is 0 Å². The molecule has 1 nitrogen and oxygen atoms in total. The normalized spacial score (nSPS) is 15.1. The molecule has 0 aliphatic rings. The number of alkyl halides is 1. The number of benzene rings is 1. The summed E-state index contributed by atoms with van der Waals surface area (Å²) in [5, 5.41) is 0. The summed E-state index contributed by atoms with van der Waals surface area (Å²) in [5.74, 6) is 0.217. The fraction of sp³-hybridized carbons (Fsp3) is 0.538. The summed E-state index contributed by atoms with van der Waals surface area (Å²) in [6.07, 6.45) is -0.440. The summed E-state index contributed by atoms with van der Waals surface area (Å²) in [5.41, 5.74) is 6.62. The van der Waals surface area contributed by atoms with Crippen molar-refractivity contribution in [1.29, 1.82) is 0 Å².